The first-order chi connectivity index (χ1) is 9.10. The zero-order chi connectivity index (χ0) is 14.3. The van der Waals surface area contributed by atoms with Crippen molar-refractivity contribution in [2.24, 2.45) is 7.05 Å². The third kappa shape index (κ3) is 4.87. The van der Waals surface area contributed by atoms with Crippen LogP contribution in [0, 0.1) is 6.92 Å². The minimum Gasteiger partial charge on any atom is -0.469 e. The van der Waals surface area contributed by atoms with Gasteiger partial charge < -0.3 is 10.1 Å². The fourth-order valence-corrected chi connectivity index (χ4v) is 2.87. The second-order valence-corrected chi connectivity index (χ2v) is 5.43. The van der Waals surface area contributed by atoms with E-state index in [0.717, 1.165) is 30.2 Å². The molecule has 0 bridgehead atoms. The summed E-state index contributed by atoms with van der Waals surface area (Å²) in [7, 11) is 3.36. The molecule has 1 rings (SSSR count). The number of methoxy groups -OCH3 is 1. The van der Waals surface area contributed by atoms with Crippen molar-refractivity contribution in [1.29, 1.82) is 0 Å². The number of carbonyl (C=O) groups excluding carboxylic acids is 1. The van der Waals surface area contributed by atoms with Crippen molar-refractivity contribution < 1.29 is 9.53 Å². The highest BCUT2D eigenvalue weighted by atomic mass is 32.2. The topological polar surface area (TPSA) is 56.2 Å². The van der Waals surface area contributed by atoms with Crippen molar-refractivity contribution in [3.8, 4) is 0 Å². The van der Waals surface area contributed by atoms with Crippen molar-refractivity contribution in [1.82, 2.24) is 15.1 Å². The van der Waals surface area contributed by atoms with Crippen LogP contribution in [0.15, 0.2) is 5.03 Å². The van der Waals surface area contributed by atoms with Crippen LogP contribution in [0.2, 0.25) is 0 Å². The van der Waals surface area contributed by atoms with Crippen molar-refractivity contribution in [2.45, 2.75) is 38.3 Å². The lowest BCUT2D eigenvalue weighted by Gasteiger charge is -2.07. The van der Waals surface area contributed by atoms with Gasteiger partial charge >= 0.3 is 5.97 Å². The van der Waals surface area contributed by atoms with Crippen LogP contribution in [0.25, 0.3) is 0 Å². The van der Waals surface area contributed by atoms with E-state index in [1.807, 2.05) is 18.7 Å². The third-order valence-electron chi connectivity index (χ3n) is 2.79. The molecule has 0 aliphatic heterocycles. The molecule has 1 heterocycles. The van der Waals surface area contributed by atoms with Gasteiger partial charge in [0.05, 0.1) is 24.3 Å². The van der Waals surface area contributed by atoms with Crippen molar-refractivity contribution in [3.63, 3.8) is 0 Å². The molecule has 0 fully saturated rings. The van der Waals surface area contributed by atoms with Crippen LogP contribution in [0.4, 0.5) is 0 Å². The third-order valence-corrected chi connectivity index (χ3v) is 3.98. The number of nitrogens with zero attached hydrogens (tertiary/aromatic N) is 2. The number of rotatable bonds is 8. The molecule has 1 aromatic heterocycles. The molecule has 0 aliphatic carbocycles. The monoisotopic (exact) mass is 285 g/mol. The first-order valence-corrected chi connectivity index (χ1v) is 7.51. The summed E-state index contributed by atoms with van der Waals surface area (Å²) in [5.74, 6) is 0.545. The summed E-state index contributed by atoms with van der Waals surface area (Å²) in [5.41, 5.74) is 2.28. The largest absolute Gasteiger partial charge is 0.469 e. The molecule has 0 unspecified atom stereocenters. The van der Waals surface area contributed by atoms with Gasteiger partial charge in [0, 0.05) is 24.9 Å². The number of hydrogen-bond acceptors (Lipinski definition) is 5. The van der Waals surface area contributed by atoms with Crippen LogP contribution < -0.4 is 5.32 Å². The van der Waals surface area contributed by atoms with Gasteiger partial charge in [-0.1, -0.05) is 6.92 Å². The Balaban J connectivity index is 2.62. The summed E-state index contributed by atoms with van der Waals surface area (Å²) in [4.78, 5) is 11.1. The molecular formula is C13H23N3O2S. The molecule has 1 N–H and O–H groups in total. The van der Waals surface area contributed by atoms with Crippen LogP contribution >= 0.6 is 11.8 Å². The number of nitrogens with one attached hydrogen (secondary N) is 1. The van der Waals surface area contributed by atoms with E-state index < -0.39 is 0 Å². The number of aromatic nitrogens is 2. The lowest BCUT2D eigenvalue weighted by molar-refractivity contribution is -0.140. The molecule has 5 nitrogen and oxygen atoms in total. The lowest BCUT2D eigenvalue weighted by atomic mass is 10.2. The van der Waals surface area contributed by atoms with E-state index in [1.165, 1.54) is 12.7 Å². The maximum atomic E-state index is 11.1. The standard InChI is InChI=1S/C13H23N3O2S/c1-5-7-14-9-11-10(2)15-16(3)13(11)19-8-6-12(17)18-4/h14H,5-9H2,1-4H3. The van der Waals surface area contributed by atoms with Crippen LogP contribution in [0.1, 0.15) is 31.0 Å². The van der Waals surface area contributed by atoms with E-state index in [-0.39, 0.29) is 5.97 Å². The summed E-state index contributed by atoms with van der Waals surface area (Å²) in [6.45, 7) is 6.00. The Morgan fingerprint density at radius 2 is 2.26 bits per heavy atom. The average molecular weight is 285 g/mol. The summed E-state index contributed by atoms with van der Waals surface area (Å²) >= 11 is 1.66. The molecule has 0 amide bonds. The van der Waals surface area contributed by atoms with Gasteiger partial charge in [-0.05, 0) is 19.9 Å². The van der Waals surface area contributed by atoms with E-state index >= 15 is 0 Å². The van der Waals surface area contributed by atoms with Crippen molar-refractivity contribution >= 4 is 17.7 Å². The van der Waals surface area contributed by atoms with Gasteiger partial charge in [0.2, 0.25) is 0 Å². The Kier molecular flexibility index (Phi) is 6.94. The first kappa shape index (κ1) is 16.0. The molecular weight excluding hydrogens is 262 g/mol. The smallest absolute Gasteiger partial charge is 0.306 e. The van der Waals surface area contributed by atoms with Crippen LogP contribution in [0.3, 0.4) is 0 Å². The van der Waals surface area contributed by atoms with E-state index in [9.17, 15) is 4.79 Å². The van der Waals surface area contributed by atoms with Gasteiger partial charge in [-0.3, -0.25) is 9.48 Å². The SMILES string of the molecule is CCCNCc1c(C)nn(C)c1SCCC(=O)OC. The zero-order valence-electron chi connectivity index (χ0n) is 12.2. The van der Waals surface area contributed by atoms with Crippen LogP contribution in [0.5, 0.6) is 0 Å². The summed E-state index contributed by atoms with van der Waals surface area (Å²) in [6.07, 6.45) is 1.54. The average Bonchev–Trinajstić information content (AvgIpc) is 2.65. The Morgan fingerprint density at radius 3 is 2.89 bits per heavy atom. The van der Waals surface area contributed by atoms with Gasteiger partial charge in [-0.2, -0.15) is 5.10 Å². The number of ether oxygens (including phenoxy) is 1. The van der Waals surface area contributed by atoms with Gasteiger partial charge in [0.25, 0.3) is 0 Å². The van der Waals surface area contributed by atoms with Gasteiger partial charge in [-0.25, -0.2) is 0 Å². The molecule has 19 heavy (non-hydrogen) atoms. The zero-order valence-corrected chi connectivity index (χ0v) is 13.0. The maximum absolute atomic E-state index is 11.1. The molecule has 0 spiro atoms. The molecule has 1 aromatic rings. The second kappa shape index (κ2) is 8.22. The van der Waals surface area contributed by atoms with Crippen molar-refractivity contribution in [2.75, 3.05) is 19.4 Å². The Labute approximate surface area is 119 Å². The van der Waals surface area contributed by atoms with Gasteiger partial charge in [-0.15, -0.1) is 11.8 Å². The molecule has 0 radical (unpaired) electrons. The number of aryl methyl sites for hydroxylation is 2. The second-order valence-electron chi connectivity index (χ2n) is 4.34. The van der Waals surface area contributed by atoms with Crippen molar-refractivity contribution in [3.05, 3.63) is 11.3 Å². The molecule has 0 saturated carbocycles. The highest BCUT2D eigenvalue weighted by Gasteiger charge is 2.13. The number of thioether (sulfide) groups is 1. The molecule has 0 saturated heterocycles. The maximum Gasteiger partial charge on any atom is 0.306 e. The Morgan fingerprint density at radius 1 is 1.53 bits per heavy atom. The Hall–Kier alpha value is -1.01. The van der Waals surface area contributed by atoms with E-state index in [1.54, 1.807) is 11.8 Å². The molecule has 0 aromatic carbocycles. The predicted molar refractivity (Wildman–Crippen MR) is 77.3 cm³/mol. The van der Waals surface area contributed by atoms with Crippen LogP contribution in [-0.2, 0) is 23.1 Å². The molecule has 0 atom stereocenters. The summed E-state index contributed by atoms with van der Waals surface area (Å²) in [6, 6.07) is 0. The lowest BCUT2D eigenvalue weighted by Crippen LogP contribution is -2.14. The molecule has 108 valence electrons. The fourth-order valence-electron chi connectivity index (χ4n) is 1.79. The van der Waals surface area contributed by atoms with Crippen LogP contribution in [-0.4, -0.2) is 35.2 Å². The van der Waals surface area contributed by atoms with E-state index in [2.05, 4.69) is 22.1 Å². The number of hydrogen-bond donors (Lipinski definition) is 1. The Bertz CT molecular complexity index is 418. The summed E-state index contributed by atoms with van der Waals surface area (Å²) < 4.78 is 6.54. The fraction of sp³-hybridized carbons (Fsp3) is 0.692. The van der Waals surface area contributed by atoms with Gasteiger partial charge in [0.15, 0.2) is 0 Å². The minimum absolute atomic E-state index is 0.169. The quantitative estimate of drug-likeness (QED) is 0.449. The first-order valence-electron chi connectivity index (χ1n) is 6.53. The molecule has 6 heteroatoms. The summed E-state index contributed by atoms with van der Waals surface area (Å²) in [5, 5.41) is 8.97. The number of carbonyl (C=O) groups is 1. The normalized spacial score (nSPS) is 10.7. The van der Waals surface area contributed by atoms with E-state index in [4.69, 9.17) is 0 Å². The number of esters is 1. The predicted octanol–water partition coefficient (Wildman–Crippen LogP) is 1.88. The molecule has 0 aliphatic rings. The minimum atomic E-state index is -0.169. The van der Waals surface area contributed by atoms with E-state index in [0.29, 0.717) is 12.2 Å². The highest BCUT2D eigenvalue weighted by molar-refractivity contribution is 7.99. The highest BCUT2D eigenvalue weighted by Crippen LogP contribution is 2.25. The van der Waals surface area contributed by atoms with Gasteiger partial charge in [0.1, 0.15) is 0 Å².